The van der Waals surface area contributed by atoms with Gasteiger partial charge in [0, 0.05) is 24.5 Å². The lowest BCUT2D eigenvalue weighted by molar-refractivity contribution is -0.132. The summed E-state index contributed by atoms with van der Waals surface area (Å²) >= 11 is 0. The van der Waals surface area contributed by atoms with Crippen molar-refractivity contribution in [2.24, 2.45) is 0 Å². The van der Waals surface area contributed by atoms with Crippen molar-refractivity contribution in [3.63, 3.8) is 0 Å². The zero-order chi connectivity index (χ0) is 26.9. The molecule has 1 saturated heterocycles. The Hall–Kier alpha value is -4.13. The van der Waals surface area contributed by atoms with E-state index < -0.39 is 29.3 Å². The van der Waals surface area contributed by atoms with E-state index in [1.807, 2.05) is 50.2 Å². The van der Waals surface area contributed by atoms with Crippen LogP contribution in [0, 0.1) is 19.7 Å². The first-order valence-electron chi connectivity index (χ1n) is 12.3. The fourth-order valence-corrected chi connectivity index (χ4v) is 4.86. The van der Waals surface area contributed by atoms with Gasteiger partial charge in [-0.3, -0.25) is 14.5 Å². The zero-order valence-corrected chi connectivity index (χ0v) is 21.7. The average molecular weight is 503 g/mol. The van der Waals surface area contributed by atoms with Gasteiger partial charge in [-0.2, -0.15) is 0 Å². The van der Waals surface area contributed by atoms with Crippen molar-refractivity contribution >= 4 is 28.8 Å². The van der Waals surface area contributed by atoms with E-state index in [0.29, 0.717) is 11.3 Å². The smallest absolute Gasteiger partial charge is 0.300 e. The number of halogens is 1. The minimum absolute atomic E-state index is 0.00576. The van der Waals surface area contributed by atoms with Gasteiger partial charge in [-0.25, -0.2) is 4.39 Å². The molecule has 1 amide bonds. The highest BCUT2D eigenvalue weighted by Gasteiger charge is 2.47. The Morgan fingerprint density at radius 1 is 1.03 bits per heavy atom. The highest BCUT2D eigenvalue weighted by Crippen LogP contribution is 2.44. The topological polar surface area (TPSA) is 70.1 Å². The Morgan fingerprint density at radius 3 is 2.32 bits per heavy atom. The van der Waals surface area contributed by atoms with Crippen molar-refractivity contribution < 1.29 is 23.8 Å². The molecule has 0 radical (unpaired) electrons. The normalized spacial score (nSPS) is 16.8. The number of methoxy groups -OCH3 is 1. The molecule has 3 aromatic rings. The Morgan fingerprint density at radius 2 is 1.70 bits per heavy atom. The lowest BCUT2D eigenvalue weighted by Gasteiger charge is -2.28. The summed E-state index contributed by atoms with van der Waals surface area (Å²) in [5.74, 6) is -2.51. The standard InChI is InChI=1S/C30H31FN2O4/c1-6-32(7-2)22-14-11-20(12-15-22)27-26(28(34)23-17-21(31)13-16-25(23)37-5)29(35)30(36)33(27)24-10-8-9-18(3)19(24)4/h8-17,27,34H,6-7H2,1-5H3/b28-26+. The minimum atomic E-state index is -0.917. The molecular formula is C30H31FN2O4. The number of aliphatic hydroxyl groups is 1. The summed E-state index contributed by atoms with van der Waals surface area (Å²) < 4.78 is 19.5. The van der Waals surface area contributed by atoms with E-state index >= 15 is 0 Å². The van der Waals surface area contributed by atoms with Crippen LogP contribution in [0.2, 0.25) is 0 Å². The Kier molecular flexibility index (Phi) is 7.34. The Balaban J connectivity index is 1.98. The Bertz CT molecular complexity index is 1380. The van der Waals surface area contributed by atoms with E-state index in [0.717, 1.165) is 36.0 Å². The second-order valence-electron chi connectivity index (χ2n) is 9.00. The van der Waals surface area contributed by atoms with Crippen molar-refractivity contribution in [3.05, 3.63) is 94.3 Å². The van der Waals surface area contributed by atoms with Crippen molar-refractivity contribution in [2.45, 2.75) is 33.7 Å². The van der Waals surface area contributed by atoms with Gasteiger partial charge in [0.05, 0.1) is 24.3 Å². The lowest BCUT2D eigenvalue weighted by Crippen LogP contribution is -2.30. The molecule has 6 nitrogen and oxygen atoms in total. The molecule has 3 aromatic carbocycles. The molecule has 37 heavy (non-hydrogen) atoms. The van der Waals surface area contributed by atoms with Crippen LogP contribution in [0.5, 0.6) is 5.75 Å². The Labute approximate surface area is 216 Å². The molecule has 192 valence electrons. The maximum Gasteiger partial charge on any atom is 0.300 e. The minimum Gasteiger partial charge on any atom is -0.507 e. The quantitative estimate of drug-likeness (QED) is 0.247. The van der Waals surface area contributed by atoms with E-state index in [4.69, 9.17) is 4.74 Å². The molecule has 1 heterocycles. The second kappa shape index (κ2) is 10.5. The summed E-state index contributed by atoms with van der Waals surface area (Å²) in [5.41, 5.74) is 3.92. The predicted octanol–water partition coefficient (Wildman–Crippen LogP) is 5.92. The summed E-state index contributed by atoms with van der Waals surface area (Å²) in [6.07, 6.45) is 0. The number of carbonyl (C=O) groups excluding carboxylic acids is 2. The number of anilines is 2. The predicted molar refractivity (Wildman–Crippen MR) is 144 cm³/mol. The van der Waals surface area contributed by atoms with Crippen LogP contribution in [0.4, 0.5) is 15.8 Å². The third-order valence-electron chi connectivity index (χ3n) is 7.03. The lowest BCUT2D eigenvalue weighted by atomic mass is 9.94. The third-order valence-corrected chi connectivity index (χ3v) is 7.03. The molecule has 1 fully saturated rings. The number of amides is 1. The summed E-state index contributed by atoms with van der Waals surface area (Å²) in [7, 11) is 1.39. The van der Waals surface area contributed by atoms with E-state index in [1.165, 1.54) is 24.1 Å². The molecule has 1 aliphatic rings. The fourth-order valence-electron chi connectivity index (χ4n) is 4.86. The molecule has 1 aliphatic heterocycles. The van der Waals surface area contributed by atoms with E-state index in [-0.39, 0.29) is 16.9 Å². The van der Waals surface area contributed by atoms with Gasteiger partial charge in [-0.1, -0.05) is 24.3 Å². The van der Waals surface area contributed by atoms with Crippen molar-refractivity contribution in [1.82, 2.24) is 0 Å². The number of hydrogen-bond acceptors (Lipinski definition) is 5. The van der Waals surface area contributed by atoms with Crippen LogP contribution in [0.15, 0.2) is 66.2 Å². The molecule has 0 bridgehead atoms. The number of benzene rings is 3. The van der Waals surface area contributed by atoms with Gasteiger partial charge >= 0.3 is 0 Å². The number of rotatable bonds is 7. The SMILES string of the molecule is CCN(CC)c1ccc(C2/C(=C(\O)c3cc(F)ccc3OC)C(=O)C(=O)N2c2cccc(C)c2C)cc1. The van der Waals surface area contributed by atoms with Crippen LogP contribution in [0.1, 0.15) is 42.1 Å². The van der Waals surface area contributed by atoms with Crippen LogP contribution < -0.4 is 14.5 Å². The maximum atomic E-state index is 14.2. The van der Waals surface area contributed by atoms with Crippen LogP contribution in [-0.4, -0.2) is 37.0 Å². The molecule has 7 heteroatoms. The third kappa shape index (κ3) is 4.57. The average Bonchev–Trinajstić information content (AvgIpc) is 3.16. The molecule has 0 aromatic heterocycles. The number of carbonyl (C=O) groups is 2. The highest BCUT2D eigenvalue weighted by atomic mass is 19.1. The first-order chi connectivity index (χ1) is 17.7. The van der Waals surface area contributed by atoms with Crippen LogP contribution in [0.25, 0.3) is 5.76 Å². The molecule has 0 aliphatic carbocycles. The molecular weight excluding hydrogens is 471 g/mol. The van der Waals surface area contributed by atoms with Gasteiger partial charge in [-0.05, 0) is 80.8 Å². The van der Waals surface area contributed by atoms with Gasteiger partial charge in [-0.15, -0.1) is 0 Å². The number of nitrogens with zero attached hydrogens (tertiary/aromatic N) is 2. The molecule has 0 saturated carbocycles. The van der Waals surface area contributed by atoms with Crippen molar-refractivity contribution in [1.29, 1.82) is 0 Å². The summed E-state index contributed by atoms with van der Waals surface area (Å²) in [4.78, 5) is 30.6. The number of Topliss-reactive ketones (excluding diaryl/α,β-unsaturated/α-hetero) is 1. The fraction of sp³-hybridized carbons (Fsp3) is 0.267. The van der Waals surface area contributed by atoms with E-state index in [9.17, 15) is 19.1 Å². The largest absolute Gasteiger partial charge is 0.507 e. The number of aryl methyl sites for hydroxylation is 1. The molecule has 1 unspecified atom stereocenters. The van der Waals surface area contributed by atoms with Gasteiger partial charge < -0.3 is 14.7 Å². The monoisotopic (exact) mass is 502 g/mol. The highest BCUT2D eigenvalue weighted by molar-refractivity contribution is 6.51. The number of hydrogen-bond donors (Lipinski definition) is 1. The van der Waals surface area contributed by atoms with E-state index in [1.54, 1.807) is 6.07 Å². The number of aliphatic hydroxyl groups excluding tert-OH is 1. The number of ketones is 1. The first-order valence-corrected chi connectivity index (χ1v) is 12.3. The molecule has 1 N–H and O–H groups in total. The van der Waals surface area contributed by atoms with Crippen LogP contribution in [0.3, 0.4) is 0 Å². The second-order valence-corrected chi connectivity index (χ2v) is 9.00. The molecule has 1 atom stereocenters. The van der Waals surface area contributed by atoms with Gasteiger partial charge in [0.15, 0.2) is 0 Å². The van der Waals surface area contributed by atoms with Gasteiger partial charge in [0.2, 0.25) is 0 Å². The van der Waals surface area contributed by atoms with Gasteiger partial charge in [0.25, 0.3) is 11.7 Å². The van der Waals surface area contributed by atoms with Crippen LogP contribution in [-0.2, 0) is 9.59 Å². The van der Waals surface area contributed by atoms with E-state index in [2.05, 4.69) is 18.7 Å². The molecule has 4 rings (SSSR count). The van der Waals surface area contributed by atoms with Crippen LogP contribution >= 0.6 is 0 Å². The van der Waals surface area contributed by atoms with Crippen molar-refractivity contribution in [2.75, 3.05) is 30.0 Å². The summed E-state index contributed by atoms with van der Waals surface area (Å²) in [6, 6.07) is 15.9. The van der Waals surface area contributed by atoms with Gasteiger partial charge in [0.1, 0.15) is 17.3 Å². The first kappa shape index (κ1) is 25.9. The summed E-state index contributed by atoms with van der Waals surface area (Å²) in [6.45, 7) is 9.62. The summed E-state index contributed by atoms with van der Waals surface area (Å²) in [5, 5.41) is 11.4. The molecule has 0 spiro atoms. The van der Waals surface area contributed by atoms with Crippen molar-refractivity contribution in [3.8, 4) is 5.75 Å². The zero-order valence-electron chi connectivity index (χ0n) is 21.7. The number of ether oxygens (including phenoxy) is 1. The maximum absolute atomic E-state index is 14.2.